The van der Waals surface area contributed by atoms with Gasteiger partial charge in [-0.05, 0) is 52.4 Å². The number of carbonyl (C=O) groups excluding carboxylic acids is 1. The number of aromatic nitrogens is 1. The van der Waals surface area contributed by atoms with Crippen LogP contribution in [0.5, 0.6) is 0 Å². The van der Waals surface area contributed by atoms with E-state index in [-0.39, 0.29) is 18.4 Å². The maximum Gasteiger partial charge on any atom is 0.252 e. The smallest absolute Gasteiger partial charge is 0.252 e. The van der Waals surface area contributed by atoms with Gasteiger partial charge in [0.05, 0.1) is 5.92 Å². The Balaban J connectivity index is 1.37. The zero-order valence-corrected chi connectivity index (χ0v) is 19.1. The number of piperazine rings is 1. The lowest BCUT2D eigenvalue weighted by Crippen LogP contribution is -2.53. The molecular weight excluding hydrogens is 476 g/mol. The predicted octanol–water partition coefficient (Wildman–Crippen LogP) is 2.66. The number of carbonyl (C=O) groups is 1. The molecule has 0 spiro atoms. The topological polar surface area (TPSA) is 73.8 Å². The third-order valence-electron chi connectivity index (χ3n) is 5.45. The minimum atomic E-state index is -3.50. The largest absolute Gasteiger partial charge is 0.353 e. The van der Waals surface area contributed by atoms with E-state index in [1.165, 1.54) is 15.6 Å². The van der Waals surface area contributed by atoms with Gasteiger partial charge in [0.25, 0.3) is 10.0 Å². The Morgan fingerprint density at radius 1 is 1.14 bits per heavy atom. The first-order valence-electron chi connectivity index (χ1n) is 9.64. The molecule has 0 aliphatic carbocycles. The molecule has 10 heteroatoms. The zero-order valence-electron chi connectivity index (χ0n) is 15.9. The number of hydrogen-bond acceptors (Lipinski definition) is 6. The lowest BCUT2D eigenvalue weighted by Gasteiger charge is -2.39. The summed E-state index contributed by atoms with van der Waals surface area (Å²) < 4.78 is 28.4. The summed E-state index contributed by atoms with van der Waals surface area (Å²) in [5, 5.41) is 1.76. The molecule has 2 aliphatic rings. The lowest BCUT2D eigenvalue weighted by atomic mass is 9.98. The van der Waals surface area contributed by atoms with Gasteiger partial charge in [-0.3, -0.25) is 4.79 Å². The number of halogens is 1. The van der Waals surface area contributed by atoms with Crippen molar-refractivity contribution in [3.8, 4) is 0 Å². The molecule has 0 bridgehead atoms. The summed E-state index contributed by atoms with van der Waals surface area (Å²) in [7, 11) is -3.50. The number of sulfonamides is 1. The third-order valence-corrected chi connectivity index (χ3v) is 9.16. The molecule has 156 valence electrons. The van der Waals surface area contributed by atoms with Crippen LogP contribution in [0, 0.1) is 5.92 Å². The first-order valence-corrected chi connectivity index (χ1v) is 12.8. The Bertz CT molecular complexity index is 942. The molecule has 0 saturated carbocycles. The van der Waals surface area contributed by atoms with Crippen LogP contribution in [0.25, 0.3) is 0 Å². The number of anilines is 1. The summed E-state index contributed by atoms with van der Waals surface area (Å²) in [6, 6.07) is 7.30. The second-order valence-electron chi connectivity index (χ2n) is 7.28. The molecule has 4 heterocycles. The summed E-state index contributed by atoms with van der Waals surface area (Å²) in [6.45, 7) is 3.46. The van der Waals surface area contributed by atoms with E-state index in [0.29, 0.717) is 30.3 Å². The van der Waals surface area contributed by atoms with E-state index < -0.39 is 10.0 Å². The number of rotatable bonds is 4. The molecule has 2 aliphatic heterocycles. The molecule has 2 saturated heterocycles. The predicted molar refractivity (Wildman–Crippen MR) is 117 cm³/mol. The molecule has 2 fully saturated rings. The molecule has 2 aromatic rings. The number of pyridine rings is 1. The van der Waals surface area contributed by atoms with Crippen LogP contribution < -0.4 is 4.90 Å². The van der Waals surface area contributed by atoms with Crippen LogP contribution in [-0.2, 0) is 14.8 Å². The SMILES string of the molecule is O=C(C1CCCN(S(=O)(=O)c2cccs2)C1)N1CCN(c2ccc(Br)cn2)CC1. The first-order chi connectivity index (χ1) is 13.9. The highest BCUT2D eigenvalue weighted by Crippen LogP contribution is 2.27. The molecule has 2 aromatic heterocycles. The van der Waals surface area contributed by atoms with E-state index >= 15 is 0 Å². The van der Waals surface area contributed by atoms with Gasteiger partial charge in [0.15, 0.2) is 0 Å². The van der Waals surface area contributed by atoms with Crippen molar-refractivity contribution in [2.75, 3.05) is 44.2 Å². The zero-order chi connectivity index (χ0) is 20.4. The quantitative estimate of drug-likeness (QED) is 0.647. The fourth-order valence-electron chi connectivity index (χ4n) is 3.87. The van der Waals surface area contributed by atoms with E-state index in [9.17, 15) is 13.2 Å². The van der Waals surface area contributed by atoms with E-state index in [2.05, 4.69) is 25.8 Å². The van der Waals surface area contributed by atoms with Crippen LogP contribution in [0.1, 0.15) is 12.8 Å². The summed E-state index contributed by atoms with van der Waals surface area (Å²) >= 11 is 4.61. The van der Waals surface area contributed by atoms with E-state index in [0.717, 1.165) is 29.8 Å². The summed E-state index contributed by atoms with van der Waals surface area (Å²) in [5.41, 5.74) is 0. The molecule has 0 N–H and O–H groups in total. The van der Waals surface area contributed by atoms with Gasteiger partial charge in [-0.1, -0.05) is 6.07 Å². The molecule has 1 atom stereocenters. The average Bonchev–Trinajstić information content (AvgIpc) is 3.30. The van der Waals surface area contributed by atoms with E-state index in [1.54, 1.807) is 23.7 Å². The van der Waals surface area contributed by atoms with Crippen LogP contribution >= 0.6 is 27.3 Å². The highest BCUT2D eigenvalue weighted by Gasteiger charge is 2.36. The minimum absolute atomic E-state index is 0.0690. The number of amides is 1. The van der Waals surface area contributed by atoms with Crippen LogP contribution in [0.15, 0.2) is 44.5 Å². The molecule has 7 nitrogen and oxygen atoms in total. The normalized spacial score (nSPS) is 21.3. The maximum atomic E-state index is 13.1. The Kier molecular flexibility index (Phi) is 6.24. The second kappa shape index (κ2) is 8.71. The highest BCUT2D eigenvalue weighted by atomic mass is 79.9. The van der Waals surface area contributed by atoms with Gasteiger partial charge in [0, 0.05) is 49.9 Å². The molecule has 1 amide bonds. The third kappa shape index (κ3) is 4.50. The lowest BCUT2D eigenvalue weighted by molar-refractivity contribution is -0.137. The molecule has 4 rings (SSSR count). The highest BCUT2D eigenvalue weighted by molar-refractivity contribution is 9.10. The Morgan fingerprint density at radius 3 is 2.59 bits per heavy atom. The van der Waals surface area contributed by atoms with Crippen molar-refractivity contribution in [3.63, 3.8) is 0 Å². The van der Waals surface area contributed by atoms with Crippen molar-refractivity contribution in [2.24, 2.45) is 5.92 Å². The Morgan fingerprint density at radius 2 is 1.93 bits per heavy atom. The van der Waals surface area contributed by atoms with Crippen molar-refractivity contribution in [1.82, 2.24) is 14.2 Å². The number of nitrogens with zero attached hydrogens (tertiary/aromatic N) is 4. The van der Waals surface area contributed by atoms with Gasteiger partial charge in [0.2, 0.25) is 5.91 Å². The van der Waals surface area contributed by atoms with Crippen molar-refractivity contribution < 1.29 is 13.2 Å². The fraction of sp³-hybridized carbons (Fsp3) is 0.474. The van der Waals surface area contributed by atoms with Crippen molar-refractivity contribution in [2.45, 2.75) is 17.1 Å². The van der Waals surface area contributed by atoms with Gasteiger partial charge in [-0.2, -0.15) is 4.31 Å². The molecule has 29 heavy (non-hydrogen) atoms. The monoisotopic (exact) mass is 498 g/mol. The van der Waals surface area contributed by atoms with Crippen molar-refractivity contribution >= 4 is 49.0 Å². The van der Waals surface area contributed by atoms with E-state index in [1.807, 2.05) is 17.0 Å². The van der Waals surface area contributed by atoms with Crippen molar-refractivity contribution in [1.29, 1.82) is 0 Å². The second-order valence-corrected chi connectivity index (χ2v) is 11.3. The van der Waals surface area contributed by atoms with Crippen LogP contribution in [0.4, 0.5) is 5.82 Å². The average molecular weight is 499 g/mol. The first kappa shape index (κ1) is 20.8. The molecule has 0 radical (unpaired) electrons. The van der Waals surface area contributed by atoms with Gasteiger partial charge in [0.1, 0.15) is 10.0 Å². The summed E-state index contributed by atoms with van der Waals surface area (Å²) in [6.07, 6.45) is 3.23. The van der Waals surface area contributed by atoms with Gasteiger partial charge >= 0.3 is 0 Å². The maximum absolute atomic E-state index is 13.1. The fourth-order valence-corrected chi connectivity index (χ4v) is 6.77. The van der Waals surface area contributed by atoms with Crippen LogP contribution in [0.2, 0.25) is 0 Å². The van der Waals surface area contributed by atoms with Gasteiger partial charge < -0.3 is 9.80 Å². The van der Waals surface area contributed by atoms with Crippen molar-refractivity contribution in [3.05, 3.63) is 40.3 Å². The number of hydrogen-bond donors (Lipinski definition) is 0. The standard InChI is InChI=1S/C19H23BrN4O3S2/c20-16-5-6-17(21-13-16)22-8-10-23(11-9-22)19(25)15-3-1-7-24(14-15)29(26,27)18-4-2-12-28-18/h2,4-6,12-13,15H,1,3,7-11,14H2. The van der Waals surface area contributed by atoms with Crippen LogP contribution in [0.3, 0.4) is 0 Å². The number of thiophene rings is 1. The van der Waals surface area contributed by atoms with Crippen LogP contribution in [-0.4, -0.2) is 67.8 Å². The Hall–Kier alpha value is -1.49. The molecule has 1 unspecified atom stereocenters. The molecular formula is C19H23BrN4O3S2. The number of piperidine rings is 1. The summed E-state index contributed by atoms with van der Waals surface area (Å²) in [4.78, 5) is 21.5. The summed E-state index contributed by atoms with van der Waals surface area (Å²) in [5.74, 6) is 0.710. The van der Waals surface area contributed by atoms with E-state index in [4.69, 9.17) is 0 Å². The Labute approximate surface area is 183 Å². The minimum Gasteiger partial charge on any atom is -0.353 e. The van der Waals surface area contributed by atoms with Gasteiger partial charge in [-0.15, -0.1) is 11.3 Å². The molecule has 0 aromatic carbocycles. The van der Waals surface area contributed by atoms with Gasteiger partial charge in [-0.25, -0.2) is 13.4 Å².